The maximum Gasteiger partial charge on any atom is 0.217 e. The van der Waals surface area contributed by atoms with Gasteiger partial charge in [-0.1, -0.05) is 23.8 Å². The van der Waals surface area contributed by atoms with Gasteiger partial charge in [0.05, 0.1) is 17.9 Å². The van der Waals surface area contributed by atoms with E-state index in [1.807, 2.05) is 0 Å². The number of benzene rings is 3. The molecule has 0 saturated heterocycles. The lowest BCUT2D eigenvalue weighted by Gasteiger charge is -2.19. The number of hydrogen-bond acceptors (Lipinski definition) is 2. The van der Waals surface area contributed by atoms with Crippen molar-refractivity contribution in [3.8, 4) is 16.9 Å². The van der Waals surface area contributed by atoms with Crippen molar-refractivity contribution in [2.45, 2.75) is 20.8 Å². The number of ether oxygens (including phenoxy) is 1. The predicted octanol–water partition coefficient (Wildman–Crippen LogP) is 5.48. The Morgan fingerprint density at radius 2 is 1.52 bits per heavy atom. The Bertz CT molecular complexity index is 1230. The maximum absolute atomic E-state index is 5.84. The van der Waals surface area contributed by atoms with Gasteiger partial charge in [0.2, 0.25) is 11.0 Å². The molecular formula is C26H29N2O+. The zero-order chi connectivity index (χ0) is 20.9. The summed E-state index contributed by atoms with van der Waals surface area (Å²) in [5.41, 5.74) is 10.0. The lowest BCUT2D eigenvalue weighted by Crippen LogP contribution is -2.31. The zero-order valence-electron chi connectivity index (χ0n) is 18.4. The Morgan fingerprint density at radius 1 is 0.828 bits per heavy atom. The first kappa shape index (κ1) is 19.3. The average molecular weight is 386 g/mol. The summed E-state index contributed by atoms with van der Waals surface area (Å²) >= 11 is 0. The van der Waals surface area contributed by atoms with Crippen LogP contribution in [0.3, 0.4) is 0 Å². The topological polar surface area (TPSA) is 16.4 Å². The summed E-state index contributed by atoms with van der Waals surface area (Å²) in [6.07, 6.45) is 0. The standard InChI is InChI=1S/C26H29N2O/c1-16-13-17(2)24(18(3)14-16)25-20-12-11-19(27(4)5)15-22(20)28(6)21-9-8-10-23(29-7)26(21)25/h8-15H,1-7H3/q+1. The van der Waals surface area contributed by atoms with Crippen LogP contribution in [0, 0.1) is 20.8 Å². The molecule has 148 valence electrons. The van der Waals surface area contributed by atoms with E-state index < -0.39 is 0 Å². The van der Waals surface area contributed by atoms with Crippen LogP contribution in [0.25, 0.3) is 32.9 Å². The van der Waals surface area contributed by atoms with Gasteiger partial charge < -0.3 is 9.64 Å². The molecule has 0 aliphatic rings. The Morgan fingerprint density at radius 3 is 2.14 bits per heavy atom. The van der Waals surface area contributed by atoms with Gasteiger partial charge in [0.1, 0.15) is 12.8 Å². The van der Waals surface area contributed by atoms with E-state index in [2.05, 4.69) is 99.9 Å². The van der Waals surface area contributed by atoms with Crippen molar-refractivity contribution in [2.24, 2.45) is 7.05 Å². The van der Waals surface area contributed by atoms with Gasteiger partial charge in [0.15, 0.2) is 0 Å². The summed E-state index contributed by atoms with van der Waals surface area (Å²) in [5, 5.41) is 2.41. The van der Waals surface area contributed by atoms with E-state index in [0.29, 0.717) is 0 Å². The van der Waals surface area contributed by atoms with Gasteiger partial charge >= 0.3 is 0 Å². The van der Waals surface area contributed by atoms with Crippen molar-refractivity contribution >= 4 is 27.5 Å². The normalized spacial score (nSPS) is 11.3. The number of rotatable bonds is 3. The van der Waals surface area contributed by atoms with E-state index in [1.165, 1.54) is 49.9 Å². The molecule has 0 radical (unpaired) electrons. The fourth-order valence-corrected chi connectivity index (χ4v) is 4.61. The molecule has 0 atom stereocenters. The highest BCUT2D eigenvalue weighted by molar-refractivity contribution is 6.11. The molecule has 0 saturated carbocycles. The third-order valence-electron chi connectivity index (χ3n) is 5.89. The largest absolute Gasteiger partial charge is 0.496 e. The minimum atomic E-state index is 0.908. The highest BCUT2D eigenvalue weighted by atomic mass is 16.5. The van der Waals surface area contributed by atoms with E-state index in [9.17, 15) is 0 Å². The molecule has 3 heteroatoms. The molecule has 4 aromatic rings. The molecule has 0 bridgehead atoms. The minimum Gasteiger partial charge on any atom is -0.496 e. The summed E-state index contributed by atoms with van der Waals surface area (Å²) in [5.74, 6) is 0.908. The molecule has 3 aromatic carbocycles. The Labute approximate surface area is 173 Å². The Hall–Kier alpha value is -3.07. The number of pyridine rings is 1. The van der Waals surface area contributed by atoms with Crippen molar-refractivity contribution in [1.82, 2.24) is 0 Å². The van der Waals surface area contributed by atoms with Crippen LogP contribution < -0.4 is 14.2 Å². The van der Waals surface area contributed by atoms with E-state index >= 15 is 0 Å². The van der Waals surface area contributed by atoms with Crippen molar-refractivity contribution < 1.29 is 9.30 Å². The summed E-state index contributed by atoms with van der Waals surface area (Å²) in [7, 11) is 8.07. The molecule has 0 aliphatic heterocycles. The van der Waals surface area contributed by atoms with E-state index in [0.717, 1.165) is 11.1 Å². The molecule has 4 rings (SSSR count). The highest BCUT2D eigenvalue weighted by Gasteiger charge is 2.24. The second-order valence-corrected chi connectivity index (χ2v) is 8.16. The number of nitrogens with zero attached hydrogens (tertiary/aromatic N) is 2. The first-order chi connectivity index (χ1) is 13.8. The van der Waals surface area contributed by atoms with Gasteiger partial charge in [-0.05, 0) is 55.7 Å². The smallest absolute Gasteiger partial charge is 0.217 e. The van der Waals surface area contributed by atoms with Crippen molar-refractivity contribution in [1.29, 1.82) is 0 Å². The summed E-state index contributed by atoms with van der Waals surface area (Å²) in [6, 6.07) is 17.6. The van der Waals surface area contributed by atoms with Gasteiger partial charge in [-0.3, -0.25) is 0 Å². The lowest BCUT2D eigenvalue weighted by molar-refractivity contribution is -0.617. The molecule has 0 N–H and O–H groups in total. The van der Waals surface area contributed by atoms with Crippen LogP contribution in [0.4, 0.5) is 5.69 Å². The van der Waals surface area contributed by atoms with Crippen LogP contribution in [0.5, 0.6) is 5.75 Å². The number of hydrogen-bond donors (Lipinski definition) is 0. The second kappa shape index (κ2) is 7.07. The first-order valence-corrected chi connectivity index (χ1v) is 10.0. The molecule has 0 fully saturated rings. The van der Waals surface area contributed by atoms with Crippen LogP contribution in [-0.4, -0.2) is 21.2 Å². The zero-order valence-corrected chi connectivity index (χ0v) is 18.4. The van der Waals surface area contributed by atoms with Crippen LogP contribution >= 0.6 is 0 Å². The molecule has 0 aliphatic carbocycles. The monoisotopic (exact) mass is 385 g/mol. The Balaban J connectivity index is 2.29. The van der Waals surface area contributed by atoms with Crippen molar-refractivity contribution in [3.63, 3.8) is 0 Å². The van der Waals surface area contributed by atoms with E-state index in [4.69, 9.17) is 4.74 Å². The van der Waals surface area contributed by atoms with Gasteiger partial charge in [0.25, 0.3) is 0 Å². The number of aromatic nitrogens is 1. The number of fused-ring (bicyclic) bond motifs is 2. The second-order valence-electron chi connectivity index (χ2n) is 8.16. The molecule has 3 nitrogen and oxygen atoms in total. The van der Waals surface area contributed by atoms with Gasteiger partial charge in [-0.15, -0.1) is 0 Å². The van der Waals surface area contributed by atoms with Crippen LogP contribution in [0.15, 0.2) is 48.5 Å². The van der Waals surface area contributed by atoms with Gasteiger partial charge in [-0.25, -0.2) is 0 Å². The number of aryl methyl sites for hydroxylation is 4. The van der Waals surface area contributed by atoms with Gasteiger partial charge in [-0.2, -0.15) is 4.57 Å². The highest BCUT2D eigenvalue weighted by Crippen LogP contribution is 2.42. The summed E-state index contributed by atoms with van der Waals surface area (Å²) < 4.78 is 8.12. The fraction of sp³-hybridized carbons (Fsp3) is 0.269. The van der Waals surface area contributed by atoms with E-state index in [1.54, 1.807) is 7.11 Å². The minimum absolute atomic E-state index is 0.908. The van der Waals surface area contributed by atoms with E-state index in [-0.39, 0.29) is 0 Å². The molecule has 1 heterocycles. The van der Waals surface area contributed by atoms with Crippen LogP contribution in [0.2, 0.25) is 0 Å². The summed E-state index contributed by atoms with van der Waals surface area (Å²) in [4.78, 5) is 2.15. The quantitative estimate of drug-likeness (QED) is 0.343. The molecule has 0 spiro atoms. The average Bonchev–Trinajstić information content (AvgIpc) is 2.68. The third kappa shape index (κ3) is 3.02. The van der Waals surface area contributed by atoms with Crippen molar-refractivity contribution in [2.75, 3.05) is 26.1 Å². The lowest BCUT2D eigenvalue weighted by atomic mass is 9.88. The molecule has 29 heavy (non-hydrogen) atoms. The molecule has 1 aromatic heterocycles. The van der Waals surface area contributed by atoms with Crippen LogP contribution in [-0.2, 0) is 7.05 Å². The van der Waals surface area contributed by atoms with Crippen molar-refractivity contribution in [3.05, 3.63) is 65.2 Å². The van der Waals surface area contributed by atoms with Gasteiger partial charge in [0, 0.05) is 37.5 Å². The fourth-order valence-electron chi connectivity index (χ4n) is 4.61. The molecular weight excluding hydrogens is 356 g/mol. The molecule has 0 unspecified atom stereocenters. The summed E-state index contributed by atoms with van der Waals surface area (Å²) in [6.45, 7) is 6.59. The molecule has 0 amide bonds. The number of anilines is 1. The Kier molecular flexibility index (Phi) is 4.70. The SMILES string of the molecule is COc1cccc2c1c(-c1c(C)cc(C)cc1C)c1ccc(N(C)C)cc1[n+]2C. The number of methoxy groups -OCH3 is 1. The maximum atomic E-state index is 5.84. The van der Waals surface area contributed by atoms with Crippen LogP contribution in [0.1, 0.15) is 16.7 Å². The predicted molar refractivity (Wildman–Crippen MR) is 123 cm³/mol. The first-order valence-electron chi connectivity index (χ1n) is 10.0. The third-order valence-corrected chi connectivity index (χ3v) is 5.89.